The SMILES string of the molecule is COc1ccc([C@H]2C(=C(O)c3ccccc3)C(=O)C(=O)N2CCC(=O)[O-])cc1. The number of carbonyl (C=O) groups is 3. The number of rotatable bonds is 6. The highest BCUT2D eigenvalue weighted by atomic mass is 16.5. The second-order valence-electron chi connectivity index (χ2n) is 6.25. The number of carboxylic acid groups (broad SMARTS) is 1. The van der Waals surface area contributed by atoms with E-state index in [-0.39, 0.29) is 17.9 Å². The molecule has 0 aliphatic carbocycles. The summed E-state index contributed by atoms with van der Waals surface area (Å²) in [7, 11) is 1.51. The number of aliphatic carboxylic acids is 1. The smallest absolute Gasteiger partial charge is 0.295 e. The number of benzene rings is 2. The number of aliphatic hydroxyl groups excluding tert-OH is 1. The van der Waals surface area contributed by atoms with Crippen molar-refractivity contribution in [1.29, 1.82) is 0 Å². The highest BCUT2D eigenvalue weighted by Crippen LogP contribution is 2.39. The maximum atomic E-state index is 12.7. The van der Waals surface area contributed by atoms with Gasteiger partial charge >= 0.3 is 0 Å². The average molecular weight is 380 g/mol. The summed E-state index contributed by atoms with van der Waals surface area (Å²) in [5.41, 5.74) is 0.856. The quantitative estimate of drug-likeness (QED) is 0.459. The molecule has 1 fully saturated rings. The van der Waals surface area contributed by atoms with Crippen molar-refractivity contribution in [2.45, 2.75) is 12.5 Å². The van der Waals surface area contributed by atoms with Gasteiger partial charge in [-0.05, 0) is 17.7 Å². The minimum Gasteiger partial charge on any atom is -0.550 e. The van der Waals surface area contributed by atoms with Crippen molar-refractivity contribution in [3.8, 4) is 5.75 Å². The zero-order chi connectivity index (χ0) is 20.3. The third kappa shape index (κ3) is 3.59. The first kappa shape index (κ1) is 19.2. The number of ketones is 1. The van der Waals surface area contributed by atoms with Gasteiger partial charge in [-0.3, -0.25) is 9.59 Å². The zero-order valence-electron chi connectivity index (χ0n) is 15.1. The Morgan fingerprint density at radius 3 is 2.32 bits per heavy atom. The van der Waals surface area contributed by atoms with Crippen LogP contribution in [0.5, 0.6) is 5.75 Å². The molecule has 0 aromatic heterocycles. The van der Waals surface area contributed by atoms with Gasteiger partial charge < -0.3 is 24.6 Å². The molecule has 2 aromatic carbocycles. The number of methoxy groups -OCH3 is 1. The number of carboxylic acids is 1. The number of hydrogen-bond acceptors (Lipinski definition) is 6. The Morgan fingerprint density at radius 1 is 1.11 bits per heavy atom. The van der Waals surface area contributed by atoms with Crippen LogP contribution >= 0.6 is 0 Å². The molecule has 1 heterocycles. The second kappa shape index (κ2) is 7.96. The summed E-state index contributed by atoms with van der Waals surface area (Å²) in [6, 6.07) is 14.1. The van der Waals surface area contributed by atoms with Gasteiger partial charge in [-0.15, -0.1) is 0 Å². The van der Waals surface area contributed by atoms with Gasteiger partial charge in [0.1, 0.15) is 11.5 Å². The van der Waals surface area contributed by atoms with Crippen molar-refractivity contribution in [3.63, 3.8) is 0 Å². The Labute approximate surface area is 161 Å². The Kier molecular flexibility index (Phi) is 5.44. The molecular formula is C21H18NO6-. The fraction of sp³-hybridized carbons (Fsp3) is 0.190. The molecule has 7 nitrogen and oxygen atoms in total. The van der Waals surface area contributed by atoms with E-state index in [4.69, 9.17) is 4.74 Å². The fourth-order valence-corrected chi connectivity index (χ4v) is 3.21. The second-order valence-corrected chi connectivity index (χ2v) is 6.25. The predicted octanol–water partition coefficient (Wildman–Crippen LogP) is 1.26. The van der Waals surface area contributed by atoms with Crippen LogP contribution in [0.2, 0.25) is 0 Å². The summed E-state index contributed by atoms with van der Waals surface area (Å²) in [6.45, 7) is -0.213. The van der Waals surface area contributed by atoms with Crippen LogP contribution in [-0.4, -0.2) is 41.3 Å². The highest BCUT2D eigenvalue weighted by molar-refractivity contribution is 6.46. The Balaban J connectivity index is 2.13. The van der Waals surface area contributed by atoms with E-state index in [1.807, 2.05) is 0 Å². The van der Waals surface area contributed by atoms with Crippen LogP contribution < -0.4 is 9.84 Å². The number of ether oxygens (including phenoxy) is 1. The van der Waals surface area contributed by atoms with Gasteiger partial charge in [-0.2, -0.15) is 0 Å². The number of carbonyl (C=O) groups excluding carboxylic acids is 3. The van der Waals surface area contributed by atoms with Crippen molar-refractivity contribution in [1.82, 2.24) is 4.90 Å². The summed E-state index contributed by atoms with van der Waals surface area (Å²) in [4.78, 5) is 37.3. The molecular weight excluding hydrogens is 362 g/mol. The lowest BCUT2D eigenvalue weighted by Crippen LogP contribution is -2.34. The number of amides is 1. The van der Waals surface area contributed by atoms with Crippen molar-refractivity contribution >= 4 is 23.4 Å². The predicted molar refractivity (Wildman–Crippen MR) is 98.1 cm³/mol. The van der Waals surface area contributed by atoms with Crippen LogP contribution in [0.4, 0.5) is 0 Å². The van der Waals surface area contributed by atoms with Gasteiger partial charge in [0.2, 0.25) is 0 Å². The van der Waals surface area contributed by atoms with E-state index in [1.165, 1.54) is 7.11 Å². The molecule has 0 bridgehead atoms. The van der Waals surface area contributed by atoms with Crippen molar-refractivity contribution in [2.24, 2.45) is 0 Å². The summed E-state index contributed by atoms with van der Waals surface area (Å²) in [6.07, 6.45) is -0.426. The van der Waals surface area contributed by atoms with Crippen LogP contribution in [0, 0.1) is 0 Å². The van der Waals surface area contributed by atoms with Gasteiger partial charge in [-0.1, -0.05) is 42.5 Å². The molecule has 144 valence electrons. The van der Waals surface area contributed by atoms with E-state index in [0.29, 0.717) is 16.9 Å². The van der Waals surface area contributed by atoms with Gasteiger partial charge in [0.25, 0.3) is 11.7 Å². The van der Waals surface area contributed by atoms with E-state index in [0.717, 1.165) is 4.90 Å². The number of Topliss-reactive ketones (excluding diaryl/α,β-unsaturated/α-hetero) is 1. The van der Waals surface area contributed by atoms with Crippen molar-refractivity contribution in [2.75, 3.05) is 13.7 Å². The summed E-state index contributed by atoms with van der Waals surface area (Å²) in [5, 5.41) is 21.7. The number of likely N-dealkylation sites (tertiary alicyclic amines) is 1. The van der Waals surface area contributed by atoms with Crippen LogP contribution in [-0.2, 0) is 14.4 Å². The van der Waals surface area contributed by atoms with Crippen LogP contribution in [0.15, 0.2) is 60.2 Å². The van der Waals surface area contributed by atoms with E-state index < -0.39 is 30.1 Å². The lowest BCUT2D eigenvalue weighted by Gasteiger charge is -2.25. The Morgan fingerprint density at radius 2 is 1.75 bits per heavy atom. The highest BCUT2D eigenvalue weighted by Gasteiger charge is 2.45. The van der Waals surface area contributed by atoms with Crippen molar-refractivity contribution < 1.29 is 29.3 Å². The minimum absolute atomic E-state index is 0.0836. The van der Waals surface area contributed by atoms with Gasteiger partial charge in [0, 0.05) is 24.5 Å². The Hall–Kier alpha value is -3.61. The topological polar surface area (TPSA) is 107 Å². The van der Waals surface area contributed by atoms with Gasteiger partial charge in [0.05, 0.1) is 18.7 Å². The van der Waals surface area contributed by atoms with E-state index >= 15 is 0 Å². The molecule has 3 rings (SSSR count). The van der Waals surface area contributed by atoms with Gasteiger partial charge in [0.15, 0.2) is 0 Å². The third-order valence-corrected chi connectivity index (χ3v) is 4.58. The molecule has 0 radical (unpaired) electrons. The maximum absolute atomic E-state index is 12.7. The molecule has 1 atom stereocenters. The Bertz CT molecular complexity index is 933. The normalized spacial score (nSPS) is 18.3. The van der Waals surface area contributed by atoms with E-state index in [1.54, 1.807) is 54.6 Å². The maximum Gasteiger partial charge on any atom is 0.295 e. The largest absolute Gasteiger partial charge is 0.550 e. The van der Waals surface area contributed by atoms with E-state index in [9.17, 15) is 24.6 Å². The summed E-state index contributed by atoms with van der Waals surface area (Å²) in [5.74, 6) is -2.78. The molecule has 1 N–H and O–H groups in total. The first-order valence-electron chi connectivity index (χ1n) is 8.61. The monoisotopic (exact) mass is 380 g/mol. The van der Waals surface area contributed by atoms with Gasteiger partial charge in [-0.25, -0.2) is 0 Å². The average Bonchev–Trinajstić information content (AvgIpc) is 2.97. The lowest BCUT2D eigenvalue weighted by atomic mass is 9.95. The molecule has 28 heavy (non-hydrogen) atoms. The standard InChI is InChI=1S/C21H19NO6/c1-28-15-9-7-13(8-10-15)18-17(19(25)14-5-3-2-4-6-14)20(26)21(27)22(18)12-11-16(23)24/h2-10,18,25H,11-12H2,1H3,(H,23,24)/p-1/t18-/m0/s1. The number of aliphatic hydroxyl groups is 1. The molecule has 1 amide bonds. The van der Waals surface area contributed by atoms with Crippen LogP contribution in [0.25, 0.3) is 5.76 Å². The molecule has 0 spiro atoms. The fourth-order valence-electron chi connectivity index (χ4n) is 3.21. The molecule has 1 aliphatic heterocycles. The summed E-state index contributed by atoms with van der Waals surface area (Å²) < 4.78 is 5.13. The number of hydrogen-bond donors (Lipinski definition) is 1. The number of nitrogens with zero attached hydrogens (tertiary/aromatic N) is 1. The molecule has 7 heteroatoms. The van der Waals surface area contributed by atoms with Crippen LogP contribution in [0.3, 0.4) is 0 Å². The zero-order valence-corrected chi connectivity index (χ0v) is 15.1. The molecule has 2 aromatic rings. The lowest BCUT2D eigenvalue weighted by molar-refractivity contribution is -0.305. The van der Waals surface area contributed by atoms with Crippen LogP contribution in [0.1, 0.15) is 23.6 Å². The molecule has 0 saturated carbocycles. The molecule has 1 saturated heterocycles. The first-order valence-corrected chi connectivity index (χ1v) is 8.61. The third-order valence-electron chi connectivity index (χ3n) is 4.58. The summed E-state index contributed by atoms with van der Waals surface area (Å²) >= 11 is 0. The molecule has 1 aliphatic rings. The first-order chi connectivity index (χ1) is 13.4. The minimum atomic E-state index is -1.33. The molecule has 0 unspecified atom stereocenters. The van der Waals surface area contributed by atoms with E-state index in [2.05, 4.69) is 0 Å². The van der Waals surface area contributed by atoms with Crippen molar-refractivity contribution in [3.05, 3.63) is 71.3 Å².